The number of ketones is 1. The van der Waals surface area contributed by atoms with Crippen LogP contribution in [0.4, 0.5) is 0 Å². The van der Waals surface area contributed by atoms with Crippen LogP contribution in [0.15, 0.2) is 90.1 Å². The van der Waals surface area contributed by atoms with Crippen LogP contribution in [-0.4, -0.2) is 28.9 Å². The molecular weight excluding hydrogens is 488 g/mol. The first-order valence-corrected chi connectivity index (χ1v) is 13.9. The lowest BCUT2D eigenvalue weighted by molar-refractivity contribution is 0.0972. The smallest absolute Gasteiger partial charge is 0.182 e. The molecule has 0 spiro atoms. The minimum absolute atomic E-state index is 0.0248. The van der Waals surface area contributed by atoms with Gasteiger partial charge < -0.3 is 14.4 Å². The van der Waals surface area contributed by atoms with Gasteiger partial charge in [0.05, 0.1) is 17.2 Å². The van der Waals surface area contributed by atoms with Gasteiger partial charge in [0, 0.05) is 29.9 Å². The fourth-order valence-electron chi connectivity index (χ4n) is 4.82. The predicted molar refractivity (Wildman–Crippen MR) is 139 cm³/mol. The van der Waals surface area contributed by atoms with E-state index in [9.17, 15) is 18.3 Å². The second-order valence-corrected chi connectivity index (χ2v) is 11.1. The average Bonchev–Trinajstić information content (AvgIpc) is 3.38. The highest BCUT2D eigenvalue weighted by Crippen LogP contribution is 2.36. The highest BCUT2D eigenvalue weighted by molar-refractivity contribution is 7.90. The quantitative estimate of drug-likeness (QED) is 0.347. The standard InChI is InChI=1S/C29H28N2O5S/c32-19-29-30-16-17-31(29)18-28(21-8-3-1-4-9-21)36-27-15-14-24-23(12-7-13-26(24)33)25(27)20-37(34,35)22-10-5-2-6-11-22/h1-6,8-11,14-17,28,32H,7,12-13,18-20H2/t28-/m1/s1. The topological polar surface area (TPSA) is 98.5 Å². The maximum Gasteiger partial charge on any atom is 0.182 e. The molecule has 7 nitrogen and oxygen atoms in total. The molecule has 0 saturated heterocycles. The number of Topliss-reactive ketones (excluding diaryl/α,β-unsaturated/α-hetero) is 1. The van der Waals surface area contributed by atoms with E-state index < -0.39 is 15.9 Å². The summed E-state index contributed by atoms with van der Waals surface area (Å²) in [5.41, 5.74) is 2.75. The van der Waals surface area contributed by atoms with Crippen molar-refractivity contribution in [2.45, 2.75) is 49.2 Å². The maximum atomic E-state index is 13.4. The third-order valence-electron chi connectivity index (χ3n) is 6.70. The number of hydrogen-bond donors (Lipinski definition) is 1. The highest BCUT2D eigenvalue weighted by atomic mass is 32.2. The summed E-state index contributed by atoms with van der Waals surface area (Å²) in [6, 6.07) is 21.4. The number of rotatable bonds is 9. The highest BCUT2D eigenvalue weighted by Gasteiger charge is 2.28. The van der Waals surface area contributed by atoms with Crippen molar-refractivity contribution < 1.29 is 23.1 Å². The van der Waals surface area contributed by atoms with Crippen LogP contribution in [0.3, 0.4) is 0 Å². The summed E-state index contributed by atoms with van der Waals surface area (Å²) in [5.74, 6) is 0.703. The van der Waals surface area contributed by atoms with Crippen molar-refractivity contribution in [2.24, 2.45) is 0 Å². The van der Waals surface area contributed by atoms with Crippen LogP contribution in [0.2, 0.25) is 0 Å². The van der Waals surface area contributed by atoms with Crippen LogP contribution in [0.5, 0.6) is 5.75 Å². The van der Waals surface area contributed by atoms with Gasteiger partial charge in [-0.2, -0.15) is 0 Å². The fourth-order valence-corrected chi connectivity index (χ4v) is 6.25. The Morgan fingerprint density at radius 2 is 1.70 bits per heavy atom. The number of aliphatic hydroxyl groups excluding tert-OH is 1. The minimum atomic E-state index is -3.69. The Balaban J connectivity index is 1.58. The molecule has 1 heterocycles. The molecule has 0 bridgehead atoms. The second kappa shape index (κ2) is 10.7. The molecule has 0 aliphatic heterocycles. The molecule has 1 aliphatic rings. The molecule has 3 aromatic carbocycles. The van der Waals surface area contributed by atoms with Gasteiger partial charge in [0.2, 0.25) is 0 Å². The molecule has 190 valence electrons. The first-order valence-electron chi connectivity index (χ1n) is 12.2. The molecule has 0 fully saturated rings. The van der Waals surface area contributed by atoms with Crippen molar-refractivity contribution in [3.05, 3.63) is 113 Å². The average molecular weight is 517 g/mol. The molecule has 1 aliphatic carbocycles. The van der Waals surface area contributed by atoms with E-state index in [-0.39, 0.29) is 23.0 Å². The number of carbonyl (C=O) groups is 1. The van der Waals surface area contributed by atoms with E-state index in [4.69, 9.17) is 4.74 Å². The number of fused-ring (bicyclic) bond motifs is 1. The van der Waals surface area contributed by atoms with Gasteiger partial charge in [0.15, 0.2) is 15.6 Å². The van der Waals surface area contributed by atoms with E-state index in [0.717, 1.165) is 11.1 Å². The summed E-state index contributed by atoms with van der Waals surface area (Å²) in [5, 5.41) is 9.69. The Hall–Kier alpha value is -3.75. The molecule has 0 saturated carbocycles. The van der Waals surface area contributed by atoms with E-state index >= 15 is 0 Å². The van der Waals surface area contributed by atoms with Crippen LogP contribution < -0.4 is 4.74 Å². The molecule has 8 heteroatoms. The molecule has 1 N–H and O–H groups in total. The summed E-state index contributed by atoms with van der Waals surface area (Å²) in [6.45, 7) is 0.150. The van der Waals surface area contributed by atoms with Crippen LogP contribution in [0, 0.1) is 0 Å². The van der Waals surface area contributed by atoms with Crippen LogP contribution in [0.25, 0.3) is 0 Å². The van der Waals surface area contributed by atoms with Crippen molar-refractivity contribution in [2.75, 3.05) is 0 Å². The predicted octanol–water partition coefficient (Wildman–Crippen LogP) is 4.69. The number of benzene rings is 3. The van der Waals surface area contributed by atoms with Gasteiger partial charge in [-0.05, 0) is 48.2 Å². The lowest BCUT2D eigenvalue weighted by Gasteiger charge is -2.26. The van der Waals surface area contributed by atoms with E-state index in [1.54, 1.807) is 54.9 Å². The molecule has 4 aromatic rings. The number of ether oxygens (including phenoxy) is 1. The number of aromatic nitrogens is 2. The summed E-state index contributed by atoms with van der Waals surface area (Å²) in [4.78, 5) is 17.1. The number of sulfone groups is 1. The van der Waals surface area contributed by atoms with Crippen molar-refractivity contribution in [3.63, 3.8) is 0 Å². The van der Waals surface area contributed by atoms with Crippen molar-refractivity contribution >= 4 is 15.6 Å². The zero-order chi connectivity index (χ0) is 25.8. The lowest BCUT2D eigenvalue weighted by Crippen LogP contribution is -2.20. The SMILES string of the molecule is O=C1CCCc2c1ccc(O[C@H](Cn1ccnc1CO)c1ccccc1)c2CS(=O)(=O)c1ccccc1. The Kier molecular flexibility index (Phi) is 7.21. The number of aliphatic hydroxyl groups is 1. The van der Waals surface area contributed by atoms with Crippen LogP contribution in [0.1, 0.15) is 51.8 Å². The monoisotopic (exact) mass is 516 g/mol. The fraction of sp³-hybridized carbons (Fsp3) is 0.241. The van der Waals surface area contributed by atoms with Gasteiger partial charge >= 0.3 is 0 Å². The third-order valence-corrected chi connectivity index (χ3v) is 8.36. The second-order valence-electron chi connectivity index (χ2n) is 9.09. The molecular formula is C29H28N2O5S. The number of nitrogens with zero attached hydrogens (tertiary/aromatic N) is 2. The Morgan fingerprint density at radius 1 is 0.973 bits per heavy atom. The summed E-state index contributed by atoms with van der Waals surface area (Å²) in [6.07, 6.45) is 4.65. The van der Waals surface area contributed by atoms with Crippen molar-refractivity contribution in [1.29, 1.82) is 0 Å². The van der Waals surface area contributed by atoms with E-state index in [1.165, 1.54) is 0 Å². The zero-order valence-corrected chi connectivity index (χ0v) is 21.1. The lowest BCUT2D eigenvalue weighted by atomic mass is 9.87. The molecule has 1 atom stereocenters. The van der Waals surface area contributed by atoms with Gasteiger partial charge in [-0.15, -0.1) is 0 Å². The Bertz CT molecular complexity index is 1500. The Morgan fingerprint density at radius 3 is 2.43 bits per heavy atom. The molecule has 0 unspecified atom stereocenters. The van der Waals surface area contributed by atoms with Gasteiger partial charge in [-0.3, -0.25) is 4.79 Å². The minimum Gasteiger partial charge on any atom is -0.484 e. The van der Waals surface area contributed by atoms with Crippen LogP contribution in [-0.2, 0) is 35.2 Å². The van der Waals surface area contributed by atoms with E-state index in [2.05, 4.69) is 4.98 Å². The first kappa shape index (κ1) is 24.9. The Labute approximate surface area is 216 Å². The van der Waals surface area contributed by atoms with Gasteiger partial charge in [-0.1, -0.05) is 48.5 Å². The van der Waals surface area contributed by atoms with Gasteiger partial charge in [0.1, 0.15) is 24.3 Å². The molecule has 5 rings (SSSR count). The summed E-state index contributed by atoms with van der Waals surface area (Å²) >= 11 is 0. The largest absolute Gasteiger partial charge is 0.484 e. The van der Waals surface area contributed by atoms with E-state index in [0.29, 0.717) is 48.5 Å². The van der Waals surface area contributed by atoms with Crippen LogP contribution >= 0.6 is 0 Å². The number of hydrogen-bond acceptors (Lipinski definition) is 6. The number of imidazole rings is 1. The van der Waals surface area contributed by atoms with Gasteiger partial charge in [0.25, 0.3) is 0 Å². The first-order chi connectivity index (χ1) is 18.0. The van der Waals surface area contributed by atoms with E-state index in [1.807, 2.05) is 34.9 Å². The maximum absolute atomic E-state index is 13.4. The number of carbonyl (C=O) groups excluding carboxylic acids is 1. The van der Waals surface area contributed by atoms with Crippen molar-refractivity contribution in [1.82, 2.24) is 9.55 Å². The van der Waals surface area contributed by atoms with Crippen molar-refractivity contribution in [3.8, 4) is 5.75 Å². The molecule has 0 amide bonds. The van der Waals surface area contributed by atoms with Gasteiger partial charge in [-0.25, -0.2) is 13.4 Å². The molecule has 0 radical (unpaired) electrons. The summed E-state index contributed by atoms with van der Waals surface area (Å²) in [7, 11) is -3.69. The zero-order valence-electron chi connectivity index (χ0n) is 20.3. The normalized spacial score (nSPS) is 14.2. The third kappa shape index (κ3) is 5.35. The molecule has 1 aromatic heterocycles. The summed E-state index contributed by atoms with van der Waals surface area (Å²) < 4.78 is 35.3. The molecule has 37 heavy (non-hydrogen) atoms.